The van der Waals surface area contributed by atoms with Crippen LogP contribution in [0.1, 0.15) is 45.1 Å². The molecular formula is C17H27NO2. The molecule has 0 saturated carbocycles. The second-order valence-electron chi connectivity index (χ2n) is 6.10. The van der Waals surface area contributed by atoms with Gasteiger partial charge in [0.25, 0.3) is 0 Å². The van der Waals surface area contributed by atoms with Crippen LogP contribution in [0.25, 0.3) is 0 Å². The van der Waals surface area contributed by atoms with Crippen LogP contribution >= 0.6 is 0 Å². The summed E-state index contributed by atoms with van der Waals surface area (Å²) in [6, 6.07) is 8.36. The van der Waals surface area contributed by atoms with Gasteiger partial charge in [0.15, 0.2) is 0 Å². The molecule has 2 rings (SSSR count). The van der Waals surface area contributed by atoms with E-state index in [0.29, 0.717) is 6.54 Å². The van der Waals surface area contributed by atoms with Crippen LogP contribution in [0.3, 0.4) is 0 Å². The number of benzene rings is 1. The van der Waals surface area contributed by atoms with Gasteiger partial charge in [-0.1, -0.05) is 25.1 Å². The van der Waals surface area contributed by atoms with Crippen molar-refractivity contribution in [3.63, 3.8) is 0 Å². The number of rotatable bonds is 5. The molecule has 0 aliphatic carbocycles. The molecule has 0 radical (unpaired) electrons. The van der Waals surface area contributed by atoms with Crippen molar-refractivity contribution in [2.24, 2.45) is 5.73 Å². The average molecular weight is 277 g/mol. The quantitative estimate of drug-likeness (QED) is 0.898. The largest absolute Gasteiger partial charge is 0.496 e. The highest BCUT2D eigenvalue weighted by Crippen LogP contribution is 2.47. The summed E-state index contributed by atoms with van der Waals surface area (Å²) in [5.41, 5.74) is 7.22. The highest BCUT2D eigenvalue weighted by Gasteiger charge is 2.44. The highest BCUT2D eigenvalue weighted by molar-refractivity contribution is 5.40. The predicted molar refractivity (Wildman–Crippen MR) is 82.2 cm³/mol. The third-order valence-corrected chi connectivity index (χ3v) is 4.79. The van der Waals surface area contributed by atoms with Crippen LogP contribution < -0.4 is 10.5 Å². The summed E-state index contributed by atoms with van der Waals surface area (Å²) < 4.78 is 11.6. The van der Waals surface area contributed by atoms with E-state index in [-0.39, 0.29) is 11.0 Å². The Kier molecular flexibility index (Phi) is 4.71. The van der Waals surface area contributed by atoms with E-state index in [0.717, 1.165) is 38.0 Å². The van der Waals surface area contributed by atoms with Gasteiger partial charge in [-0.15, -0.1) is 0 Å². The maximum absolute atomic E-state index is 6.03. The Labute approximate surface area is 122 Å². The lowest BCUT2D eigenvalue weighted by Crippen LogP contribution is -2.46. The molecule has 1 aliphatic heterocycles. The van der Waals surface area contributed by atoms with E-state index in [4.69, 9.17) is 15.2 Å². The molecule has 3 heteroatoms. The van der Waals surface area contributed by atoms with Crippen LogP contribution in [0.5, 0.6) is 5.75 Å². The lowest BCUT2D eigenvalue weighted by Gasteiger charge is -2.47. The van der Waals surface area contributed by atoms with Gasteiger partial charge in [-0.2, -0.15) is 0 Å². The second kappa shape index (κ2) is 6.15. The highest BCUT2D eigenvalue weighted by atomic mass is 16.5. The summed E-state index contributed by atoms with van der Waals surface area (Å²) in [7, 11) is 1.74. The van der Waals surface area contributed by atoms with Gasteiger partial charge in [-0.3, -0.25) is 0 Å². The zero-order valence-corrected chi connectivity index (χ0v) is 12.9. The molecule has 1 aromatic carbocycles. The monoisotopic (exact) mass is 277 g/mol. The summed E-state index contributed by atoms with van der Waals surface area (Å²) >= 11 is 0. The van der Waals surface area contributed by atoms with E-state index >= 15 is 0 Å². The van der Waals surface area contributed by atoms with E-state index < -0.39 is 0 Å². The standard InChI is InChI=1S/C17H27NO2/c1-4-16(2)13-17(9-11-18,10-12-20-16)14-7-5-6-8-15(14)19-3/h5-8H,4,9-13,18H2,1-3H3. The molecule has 0 amide bonds. The van der Waals surface area contributed by atoms with Gasteiger partial charge in [0.05, 0.1) is 12.7 Å². The van der Waals surface area contributed by atoms with Gasteiger partial charge < -0.3 is 15.2 Å². The number of hydrogen-bond donors (Lipinski definition) is 1. The number of hydrogen-bond acceptors (Lipinski definition) is 3. The number of para-hydroxylation sites is 1. The van der Waals surface area contributed by atoms with E-state index in [9.17, 15) is 0 Å². The maximum atomic E-state index is 6.03. The van der Waals surface area contributed by atoms with E-state index in [2.05, 4.69) is 26.0 Å². The van der Waals surface area contributed by atoms with Crippen LogP contribution in [0, 0.1) is 0 Å². The zero-order chi connectivity index (χ0) is 14.6. The smallest absolute Gasteiger partial charge is 0.122 e. The Morgan fingerprint density at radius 2 is 2.10 bits per heavy atom. The first kappa shape index (κ1) is 15.3. The molecule has 1 fully saturated rings. The zero-order valence-electron chi connectivity index (χ0n) is 12.9. The first-order valence-corrected chi connectivity index (χ1v) is 7.57. The SMILES string of the molecule is CCC1(C)CC(CCN)(c2ccccc2OC)CCO1. The Morgan fingerprint density at radius 3 is 2.75 bits per heavy atom. The second-order valence-corrected chi connectivity index (χ2v) is 6.10. The van der Waals surface area contributed by atoms with Gasteiger partial charge in [-0.05, 0) is 45.2 Å². The first-order valence-electron chi connectivity index (χ1n) is 7.57. The number of nitrogens with two attached hydrogens (primary N) is 1. The van der Waals surface area contributed by atoms with Crippen LogP contribution in [0.15, 0.2) is 24.3 Å². The molecule has 112 valence electrons. The minimum Gasteiger partial charge on any atom is -0.496 e. The molecule has 1 aliphatic rings. The topological polar surface area (TPSA) is 44.5 Å². The molecule has 0 spiro atoms. The van der Waals surface area contributed by atoms with E-state index in [1.807, 2.05) is 12.1 Å². The van der Waals surface area contributed by atoms with Crippen molar-refractivity contribution in [1.29, 1.82) is 0 Å². The molecule has 0 aromatic heterocycles. The van der Waals surface area contributed by atoms with Crippen LogP contribution in [0.2, 0.25) is 0 Å². The Hall–Kier alpha value is -1.06. The predicted octanol–water partition coefficient (Wildman–Crippen LogP) is 3.26. The normalized spacial score (nSPS) is 30.2. The van der Waals surface area contributed by atoms with E-state index in [1.165, 1.54) is 5.56 Å². The van der Waals surface area contributed by atoms with Crippen molar-refractivity contribution in [2.75, 3.05) is 20.3 Å². The fourth-order valence-electron chi connectivity index (χ4n) is 3.51. The van der Waals surface area contributed by atoms with Crippen molar-refractivity contribution >= 4 is 0 Å². The maximum Gasteiger partial charge on any atom is 0.122 e. The lowest BCUT2D eigenvalue weighted by molar-refractivity contribution is -0.0979. The average Bonchev–Trinajstić information content (AvgIpc) is 2.47. The van der Waals surface area contributed by atoms with Crippen molar-refractivity contribution < 1.29 is 9.47 Å². The van der Waals surface area contributed by atoms with Crippen molar-refractivity contribution in [3.05, 3.63) is 29.8 Å². The van der Waals surface area contributed by atoms with Crippen molar-refractivity contribution in [2.45, 2.75) is 50.5 Å². The van der Waals surface area contributed by atoms with Crippen LogP contribution in [-0.2, 0) is 10.2 Å². The number of methoxy groups -OCH3 is 1. The molecule has 2 unspecified atom stereocenters. The summed E-state index contributed by atoms with van der Waals surface area (Å²) in [4.78, 5) is 0. The molecule has 3 nitrogen and oxygen atoms in total. The summed E-state index contributed by atoms with van der Waals surface area (Å²) in [5.74, 6) is 0.973. The summed E-state index contributed by atoms with van der Waals surface area (Å²) in [5, 5.41) is 0. The van der Waals surface area contributed by atoms with Gasteiger partial charge in [-0.25, -0.2) is 0 Å². The lowest BCUT2D eigenvalue weighted by atomic mass is 9.66. The Bertz CT molecular complexity index is 444. The molecule has 1 heterocycles. The van der Waals surface area contributed by atoms with Gasteiger partial charge in [0, 0.05) is 17.6 Å². The van der Waals surface area contributed by atoms with Crippen LogP contribution in [-0.4, -0.2) is 25.9 Å². The fraction of sp³-hybridized carbons (Fsp3) is 0.647. The van der Waals surface area contributed by atoms with E-state index in [1.54, 1.807) is 7.11 Å². The molecular weight excluding hydrogens is 250 g/mol. The van der Waals surface area contributed by atoms with Gasteiger partial charge >= 0.3 is 0 Å². The summed E-state index contributed by atoms with van der Waals surface area (Å²) in [6.07, 6.45) is 4.02. The molecule has 1 saturated heterocycles. The summed E-state index contributed by atoms with van der Waals surface area (Å²) in [6.45, 7) is 5.90. The first-order chi connectivity index (χ1) is 9.59. The molecule has 0 bridgehead atoms. The minimum atomic E-state index is -0.0612. The Morgan fingerprint density at radius 1 is 1.35 bits per heavy atom. The van der Waals surface area contributed by atoms with Gasteiger partial charge in [0.1, 0.15) is 5.75 Å². The fourth-order valence-corrected chi connectivity index (χ4v) is 3.51. The van der Waals surface area contributed by atoms with Crippen molar-refractivity contribution in [3.8, 4) is 5.75 Å². The number of ether oxygens (including phenoxy) is 2. The van der Waals surface area contributed by atoms with Crippen molar-refractivity contribution in [1.82, 2.24) is 0 Å². The molecule has 2 N–H and O–H groups in total. The Balaban J connectivity index is 2.43. The molecule has 2 atom stereocenters. The molecule has 20 heavy (non-hydrogen) atoms. The molecule has 1 aromatic rings. The van der Waals surface area contributed by atoms with Gasteiger partial charge in [0.2, 0.25) is 0 Å². The minimum absolute atomic E-state index is 0.0612. The van der Waals surface area contributed by atoms with Crippen LogP contribution in [0.4, 0.5) is 0 Å². The third-order valence-electron chi connectivity index (χ3n) is 4.79. The third kappa shape index (κ3) is 2.84.